The monoisotopic (exact) mass is 373 g/mol. The van der Waals surface area contributed by atoms with Crippen LogP contribution in [0.5, 0.6) is 0 Å². The minimum atomic E-state index is -0.414. The molecule has 1 heterocycles. The molecule has 26 heavy (non-hydrogen) atoms. The zero-order chi connectivity index (χ0) is 18.4. The Labute approximate surface area is 157 Å². The third kappa shape index (κ3) is 4.85. The van der Waals surface area contributed by atoms with Crippen molar-refractivity contribution < 1.29 is 9.59 Å². The normalized spacial score (nSPS) is 14.8. The standard InChI is InChI=1S/C18H23N5O2S/c1-13-21-22-18(23(13)15-10-6-3-7-11-15)26-12-16(24)20-17(25)19-14-8-4-2-5-9-14/h3,6-7,10-11,14H,2,4-5,8-9,12H2,1H3,(H2,19,20,24,25). The Kier molecular flexibility index (Phi) is 6.27. The summed E-state index contributed by atoms with van der Waals surface area (Å²) in [6.07, 6.45) is 5.44. The van der Waals surface area contributed by atoms with Gasteiger partial charge in [0.1, 0.15) is 5.82 Å². The average molecular weight is 373 g/mol. The number of thioether (sulfide) groups is 1. The minimum absolute atomic E-state index is 0.100. The van der Waals surface area contributed by atoms with Crippen molar-refractivity contribution in [2.75, 3.05) is 5.75 Å². The number of hydrogen-bond acceptors (Lipinski definition) is 5. The van der Waals surface area contributed by atoms with Gasteiger partial charge in [-0.25, -0.2) is 4.79 Å². The Bertz CT molecular complexity index is 756. The van der Waals surface area contributed by atoms with Crippen molar-refractivity contribution in [1.29, 1.82) is 0 Å². The Morgan fingerprint density at radius 2 is 1.88 bits per heavy atom. The first-order valence-corrected chi connectivity index (χ1v) is 9.82. The molecule has 1 aliphatic rings. The molecule has 1 saturated carbocycles. The van der Waals surface area contributed by atoms with Crippen LogP contribution in [-0.2, 0) is 4.79 Å². The molecule has 8 heteroatoms. The number of hydrogen-bond donors (Lipinski definition) is 2. The first-order valence-electron chi connectivity index (χ1n) is 8.84. The number of urea groups is 1. The molecule has 138 valence electrons. The van der Waals surface area contributed by atoms with Crippen LogP contribution < -0.4 is 10.6 Å². The molecule has 1 aromatic heterocycles. The number of nitrogens with one attached hydrogen (secondary N) is 2. The molecule has 1 aromatic carbocycles. The number of aromatic nitrogens is 3. The number of nitrogens with zero attached hydrogens (tertiary/aromatic N) is 3. The molecule has 0 radical (unpaired) electrons. The van der Waals surface area contributed by atoms with Gasteiger partial charge in [0.25, 0.3) is 0 Å². The maximum atomic E-state index is 12.1. The van der Waals surface area contributed by atoms with Crippen LogP contribution in [0.2, 0.25) is 0 Å². The molecule has 0 aliphatic heterocycles. The molecular weight excluding hydrogens is 350 g/mol. The molecule has 0 saturated heterocycles. The highest BCUT2D eigenvalue weighted by molar-refractivity contribution is 7.99. The molecular formula is C18H23N5O2S. The Morgan fingerprint density at radius 1 is 1.15 bits per heavy atom. The number of carbonyl (C=O) groups is 2. The zero-order valence-corrected chi connectivity index (χ0v) is 15.6. The van der Waals surface area contributed by atoms with Crippen LogP contribution in [0, 0.1) is 6.92 Å². The highest BCUT2D eigenvalue weighted by Crippen LogP contribution is 2.21. The van der Waals surface area contributed by atoms with E-state index in [1.54, 1.807) is 0 Å². The summed E-state index contributed by atoms with van der Waals surface area (Å²) in [7, 11) is 0. The fraction of sp³-hybridized carbons (Fsp3) is 0.444. The number of aryl methyl sites for hydroxylation is 1. The number of amides is 3. The highest BCUT2D eigenvalue weighted by atomic mass is 32.2. The molecule has 2 N–H and O–H groups in total. The molecule has 3 amide bonds. The minimum Gasteiger partial charge on any atom is -0.335 e. The Balaban J connectivity index is 1.53. The predicted octanol–water partition coefficient (Wildman–Crippen LogP) is 2.83. The summed E-state index contributed by atoms with van der Waals surface area (Å²) in [5.74, 6) is 0.501. The summed E-state index contributed by atoms with van der Waals surface area (Å²) >= 11 is 1.26. The summed E-state index contributed by atoms with van der Waals surface area (Å²) in [5.41, 5.74) is 0.938. The number of benzene rings is 1. The maximum Gasteiger partial charge on any atom is 0.321 e. The van der Waals surface area contributed by atoms with E-state index in [9.17, 15) is 9.59 Å². The topological polar surface area (TPSA) is 88.9 Å². The highest BCUT2D eigenvalue weighted by Gasteiger charge is 2.18. The smallest absolute Gasteiger partial charge is 0.321 e. The Hall–Kier alpha value is -2.35. The third-order valence-electron chi connectivity index (χ3n) is 4.34. The molecule has 1 aliphatic carbocycles. The zero-order valence-electron chi connectivity index (χ0n) is 14.8. The summed E-state index contributed by atoms with van der Waals surface area (Å²) in [6, 6.07) is 9.48. The van der Waals surface area contributed by atoms with Crippen molar-refractivity contribution in [1.82, 2.24) is 25.4 Å². The van der Waals surface area contributed by atoms with Crippen LogP contribution in [0.3, 0.4) is 0 Å². The maximum absolute atomic E-state index is 12.1. The summed E-state index contributed by atoms with van der Waals surface area (Å²) in [4.78, 5) is 24.0. The van der Waals surface area contributed by atoms with Gasteiger partial charge in [-0.05, 0) is 31.9 Å². The predicted molar refractivity (Wildman–Crippen MR) is 100 cm³/mol. The van der Waals surface area contributed by atoms with Gasteiger partial charge < -0.3 is 5.32 Å². The van der Waals surface area contributed by atoms with E-state index < -0.39 is 6.03 Å². The van der Waals surface area contributed by atoms with Gasteiger partial charge in [-0.1, -0.05) is 49.2 Å². The van der Waals surface area contributed by atoms with Crippen LogP contribution >= 0.6 is 11.8 Å². The van der Waals surface area contributed by atoms with Crippen LogP contribution in [0.25, 0.3) is 5.69 Å². The Morgan fingerprint density at radius 3 is 2.62 bits per heavy atom. The molecule has 7 nitrogen and oxygen atoms in total. The third-order valence-corrected chi connectivity index (χ3v) is 5.26. The molecule has 0 unspecified atom stereocenters. The number of para-hydroxylation sites is 1. The van der Waals surface area contributed by atoms with Crippen molar-refractivity contribution in [3.8, 4) is 5.69 Å². The second-order valence-corrected chi connectivity index (χ2v) is 7.29. The largest absolute Gasteiger partial charge is 0.335 e. The van der Waals surface area contributed by atoms with Crippen LogP contribution in [-0.4, -0.2) is 38.5 Å². The number of carbonyl (C=O) groups excluding carboxylic acids is 2. The molecule has 0 atom stereocenters. The van der Waals surface area contributed by atoms with Crippen LogP contribution in [0.4, 0.5) is 4.79 Å². The molecule has 0 spiro atoms. The molecule has 2 aromatic rings. The van der Waals surface area contributed by atoms with E-state index in [1.165, 1.54) is 18.2 Å². The van der Waals surface area contributed by atoms with E-state index in [4.69, 9.17) is 0 Å². The average Bonchev–Trinajstić information content (AvgIpc) is 3.02. The van der Waals surface area contributed by atoms with E-state index in [0.717, 1.165) is 37.2 Å². The molecule has 1 fully saturated rings. The van der Waals surface area contributed by atoms with E-state index in [2.05, 4.69) is 20.8 Å². The van der Waals surface area contributed by atoms with Crippen molar-refractivity contribution in [2.24, 2.45) is 0 Å². The summed E-state index contributed by atoms with van der Waals surface area (Å²) in [6.45, 7) is 1.86. The molecule has 0 bridgehead atoms. The van der Waals surface area contributed by atoms with Crippen molar-refractivity contribution in [2.45, 2.75) is 50.2 Å². The lowest BCUT2D eigenvalue weighted by Gasteiger charge is -2.22. The number of imide groups is 1. The lowest BCUT2D eigenvalue weighted by molar-refractivity contribution is -0.117. The second kappa shape index (κ2) is 8.84. The van der Waals surface area contributed by atoms with E-state index >= 15 is 0 Å². The van der Waals surface area contributed by atoms with Crippen LogP contribution in [0.1, 0.15) is 37.9 Å². The lowest BCUT2D eigenvalue weighted by Crippen LogP contribution is -2.45. The summed E-state index contributed by atoms with van der Waals surface area (Å²) in [5, 5.41) is 14.1. The summed E-state index contributed by atoms with van der Waals surface area (Å²) < 4.78 is 1.89. The van der Waals surface area contributed by atoms with E-state index in [0.29, 0.717) is 5.16 Å². The van der Waals surface area contributed by atoms with Gasteiger partial charge in [0.2, 0.25) is 5.91 Å². The van der Waals surface area contributed by atoms with Crippen LogP contribution in [0.15, 0.2) is 35.5 Å². The van der Waals surface area contributed by atoms with E-state index in [1.807, 2.05) is 41.8 Å². The van der Waals surface area contributed by atoms with E-state index in [-0.39, 0.29) is 17.7 Å². The van der Waals surface area contributed by atoms with Crippen molar-refractivity contribution in [3.05, 3.63) is 36.2 Å². The van der Waals surface area contributed by atoms with Gasteiger partial charge in [0, 0.05) is 11.7 Å². The van der Waals surface area contributed by atoms with Crippen molar-refractivity contribution >= 4 is 23.7 Å². The van der Waals surface area contributed by atoms with Gasteiger partial charge in [0.15, 0.2) is 5.16 Å². The second-order valence-electron chi connectivity index (χ2n) is 6.35. The fourth-order valence-corrected chi connectivity index (χ4v) is 3.87. The SMILES string of the molecule is Cc1nnc(SCC(=O)NC(=O)NC2CCCCC2)n1-c1ccccc1. The lowest BCUT2D eigenvalue weighted by atomic mass is 9.96. The van der Waals surface area contributed by atoms with Gasteiger partial charge in [-0.15, -0.1) is 10.2 Å². The number of rotatable bonds is 5. The van der Waals surface area contributed by atoms with Gasteiger partial charge in [-0.2, -0.15) is 0 Å². The molecule has 3 rings (SSSR count). The quantitative estimate of drug-likeness (QED) is 0.787. The first kappa shape index (κ1) is 18.4. The van der Waals surface area contributed by atoms with Gasteiger partial charge in [-0.3, -0.25) is 14.7 Å². The van der Waals surface area contributed by atoms with Crippen molar-refractivity contribution in [3.63, 3.8) is 0 Å². The van der Waals surface area contributed by atoms with Gasteiger partial charge >= 0.3 is 6.03 Å². The fourth-order valence-electron chi connectivity index (χ4n) is 3.07. The van der Waals surface area contributed by atoms with Gasteiger partial charge in [0.05, 0.1) is 5.75 Å². The first-order chi connectivity index (χ1) is 12.6.